The SMILES string of the molecule is Nc1ccc2c(c1)C1c3ccc(N)cc3C2c2cc(N)ccc21. The maximum absolute atomic E-state index is 6.06. The second-order valence-corrected chi connectivity index (χ2v) is 6.53. The largest absolute Gasteiger partial charge is 0.399 e. The molecule has 0 aliphatic heterocycles. The Labute approximate surface area is 134 Å². The Balaban J connectivity index is 1.90. The molecule has 3 aromatic carbocycles. The Bertz CT molecular complexity index is 921. The molecule has 3 nitrogen and oxygen atoms in total. The molecule has 2 bridgehead atoms. The molecule has 0 aromatic heterocycles. The minimum atomic E-state index is 0.188. The minimum Gasteiger partial charge on any atom is -0.399 e. The number of hydrogen-bond acceptors (Lipinski definition) is 3. The molecule has 0 fully saturated rings. The van der Waals surface area contributed by atoms with Crippen LogP contribution in [0, 0.1) is 0 Å². The lowest BCUT2D eigenvalue weighted by Crippen LogP contribution is -2.27. The van der Waals surface area contributed by atoms with E-state index in [9.17, 15) is 0 Å². The van der Waals surface area contributed by atoms with E-state index in [-0.39, 0.29) is 11.8 Å². The number of hydrogen-bond donors (Lipinski definition) is 3. The fraction of sp³-hybridized carbons (Fsp3) is 0.100. The van der Waals surface area contributed by atoms with Crippen LogP contribution < -0.4 is 17.2 Å². The summed E-state index contributed by atoms with van der Waals surface area (Å²) in [4.78, 5) is 0. The number of rotatable bonds is 0. The van der Waals surface area contributed by atoms with Gasteiger partial charge in [0.25, 0.3) is 0 Å². The molecule has 3 aliphatic rings. The van der Waals surface area contributed by atoms with Crippen molar-refractivity contribution in [2.45, 2.75) is 11.8 Å². The Morgan fingerprint density at radius 1 is 0.435 bits per heavy atom. The second-order valence-electron chi connectivity index (χ2n) is 6.53. The first-order valence-electron chi connectivity index (χ1n) is 7.81. The van der Waals surface area contributed by atoms with Gasteiger partial charge in [-0.05, 0) is 69.8 Å². The summed E-state index contributed by atoms with van der Waals surface area (Å²) in [5, 5.41) is 0. The van der Waals surface area contributed by atoms with Gasteiger partial charge in [-0.25, -0.2) is 0 Å². The molecular weight excluding hydrogens is 282 g/mol. The topological polar surface area (TPSA) is 78.1 Å². The van der Waals surface area contributed by atoms with Gasteiger partial charge in [0.1, 0.15) is 0 Å². The summed E-state index contributed by atoms with van der Waals surface area (Å²) in [6.45, 7) is 0. The van der Waals surface area contributed by atoms with Gasteiger partial charge in [-0.2, -0.15) is 0 Å². The van der Waals surface area contributed by atoms with Crippen LogP contribution in [0.3, 0.4) is 0 Å². The molecule has 3 heteroatoms. The number of benzene rings is 3. The van der Waals surface area contributed by atoms with Crippen LogP contribution in [0.15, 0.2) is 54.6 Å². The summed E-state index contributed by atoms with van der Waals surface area (Å²) in [5.74, 6) is 0.400. The Morgan fingerprint density at radius 2 is 0.739 bits per heavy atom. The van der Waals surface area contributed by atoms with Crippen molar-refractivity contribution in [3.8, 4) is 0 Å². The third-order valence-electron chi connectivity index (χ3n) is 5.20. The van der Waals surface area contributed by atoms with Crippen LogP contribution in [-0.2, 0) is 0 Å². The molecule has 112 valence electrons. The van der Waals surface area contributed by atoms with E-state index in [0.29, 0.717) is 0 Å². The van der Waals surface area contributed by atoms with E-state index in [1.54, 1.807) is 0 Å². The Kier molecular flexibility index (Phi) is 2.23. The smallest absolute Gasteiger partial charge is 0.0350 e. The van der Waals surface area contributed by atoms with Crippen LogP contribution in [0.1, 0.15) is 45.2 Å². The van der Waals surface area contributed by atoms with E-state index in [0.717, 1.165) is 17.1 Å². The van der Waals surface area contributed by atoms with E-state index in [2.05, 4.69) is 36.4 Å². The van der Waals surface area contributed by atoms with Crippen LogP contribution in [0.25, 0.3) is 0 Å². The number of anilines is 3. The fourth-order valence-corrected chi connectivity index (χ4v) is 4.32. The monoisotopic (exact) mass is 299 g/mol. The average Bonchev–Trinajstić information content (AvgIpc) is 2.53. The lowest BCUT2D eigenvalue weighted by Gasteiger charge is -2.42. The molecule has 0 atom stereocenters. The van der Waals surface area contributed by atoms with Crippen LogP contribution in [-0.4, -0.2) is 0 Å². The highest BCUT2D eigenvalue weighted by Gasteiger charge is 2.41. The van der Waals surface area contributed by atoms with Gasteiger partial charge in [-0.15, -0.1) is 0 Å². The van der Waals surface area contributed by atoms with E-state index < -0.39 is 0 Å². The van der Waals surface area contributed by atoms with Crippen molar-refractivity contribution in [3.63, 3.8) is 0 Å². The first kappa shape index (κ1) is 12.6. The van der Waals surface area contributed by atoms with Gasteiger partial charge in [0.15, 0.2) is 0 Å². The molecule has 0 spiro atoms. The lowest BCUT2D eigenvalue weighted by molar-refractivity contribution is 0.756. The zero-order valence-electron chi connectivity index (χ0n) is 12.6. The molecule has 0 unspecified atom stereocenters. The summed E-state index contributed by atoms with van der Waals surface area (Å²) in [5.41, 5.74) is 28.5. The zero-order valence-corrected chi connectivity index (χ0v) is 12.6. The van der Waals surface area contributed by atoms with Gasteiger partial charge in [0.2, 0.25) is 0 Å². The third kappa shape index (κ3) is 1.54. The van der Waals surface area contributed by atoms with Crippen molar-refractivity contribution in [2.24, 2.45) is 0 Å². The molecule has 0 radical (unpaired) electrons. The van der Waals surface area contributed by atoms with E-state index in [1.807, 2.05) is 18.2 Å². The zero-order chi connectivity index (χ0) is 15.7. The van der Waals surface area contributed by atoms with Crippen LogP contribution in [0.2, 0.25) is 0 Å². The van der Waals surface area contributed by atoms with Crippen molar-refractivity contribution >= 4 is 17.1 Å². The molecule has 0 amide bonds. The first-order valence-corrected chi connectivity index (χ1v) is 7.81. The average molecular weight is 299 g/mol. The molecule has 0 saturated heterocycles. The van der Waals surface area contributed by atoms with Crippen molar-refractivity contribution < 1.29 is 0 Å². The second kappa shape index (κ2) is 4.07. The van der Waals surface area contributed by atoms with Crippen molar-refractivity contribution in [1.82, 2.24) is 0 Å². The number of nitrogen functional groups attached to an aromatic ring is 3. The van der Waals surface area contributed by atoms with E-state index >= 15 is 0 Å². The fourth-order valence-electron chi connectivity index (χ4n) is 4.32. The molecule has 0 heterocycles. The highest BCUT2D eigenvalue weighted by molar-refractivity contribution is 5.72. The quantitative estimate of drug-likeness (QED) is 0.383. The normalized spacial score (nSPS) is 19.8. The summed E-state index contributed by atoms with van der Waals surface area (Å²) in [6.07, 6.45) is 0. The van der Waals surface area contributed by atoms with E-state index in [1.165, 1.54) is 33.4 Å². The van der Waals surface area contributed by atoms with Crippen molar-refractivity contribution in [1.29, 1.82) is 0 Å². The summed E-state index contributed by atoms with van der Waals surface area (Å²) >= 11 is 0. The van der Waals surface area contributed by atoms with Gasteiger partial charge in [0, 0.05) is 28.9 Å². The molecule has 3 aromatic rings. The molecule has 6 rings (SSSR count). The molecule has 3 aliphatic carbocycles. The number of nitrogens with two attached hydrogens (primary N) is 3. The Hall–Kier alpha value is -2.94. The van der Waals surface area contributed by atoms with Crippen LogP contribution >= 0.6 is 0 Å². The van der Waals surface area contributed by atoms with Gasteiger partial charge >= 0.3 is 0 Å². The highest BCUT2D eigenvalue weighted by Crippen LogP contribution is 2.56. The van der Waals surface area contributed by atoms with Crippen molar-refractivity contribution in [2.75, 3.05) is 17.2 Å². The predicted molar refractivity (Wildman–Crippen MR) is 94.5 cm³/mol. The molecule has 23 heavy (non-hydrogen) atoms. The van der Waals surface area contributed by atoms with Gasteiger partial charge in [-0.3, -0.25) is 0 Å². The maximum atomic E-state index is 6.06. The first-order chi connectivity index (χ1) is 11.1. The van der Waals surface area contributed by atoms with Crippen molar-refractivity contribution in [3.05, 3.63) is 88.0 Å². The Morgan fingerprint density at radius 3 is 1.09 bits per heavy atom. The van der Waals surface area contributed by atoms with E-state index in [4.69, 9.17) is 17.2 Å². The standard InChI is InChI=1S/C20H17N3/c21-10-3-6-15-16(7-10)19-13-4-1-11(22)8-17(13)20(15)18-9-12(23)2-5-14(18)19/h1-9,19-20H,21-23H2. The van der Waals surface area contributed by atoms with Crippen LogP contribution in [0.4, 0.5) is 17.1 Å². The van der Waals surface area contributed by atoms with Gasteiger partial charge < -0.3 is 17.2 Å². The molecule has 0 saturated carbocycles. The molecular formula is C20H17N3. The van der Waals surface area contributed by atoms with Gasteiger partial charge in [0.05, 0.1) is 0 Å². The third-order valence-corrected chi connectivity index (χ3v) is 5.20. The maximum Gasteiger partial charge on any atom is 0.0350 e. The molecule has 6 N–H and O–H groups in total. The lowest BCUT2D eigenvalue weighted by atomic mass is 9.61. The summed E-state index contributed by atoms with van der Waals surface area (Å²) in [6, 6.07) is 18.8. The predicted octanol–water partition coefficient (Wildman–Crippen LogP) is 3.42. The summed E-state index contributed by atoms with van der Waals surface area (Å²) in [7, 11) is 0. The van der Waals surface area contributed by atoms with Gasteiger partial charge in [-0.1, -0.05) is 18.2 Å². The van der Waals surface area contributed by atoms with Crippen LogP contribution in [0.5, 0.6) is 0 Å². The summed E-state index contributed by atoms with van der Waals surface area (Å²) < 4.78 is 0. The highest BCUT2D eigenvalue weighted by atomic mass is 14.6. The minimum absolute atomic E-state index is 0.188.